The molecule has 0 aliphatic carbocycles. The van der Waals surface area contributed by atoms with Gasteiger partial charge in [-0.2, -0.15) is 0 Å². The molecule has 0 fully saturated rings. The van der Waals surface area contributed by atoms with Crippen LogP contribution in [0.5, 0.6) is 11.5 Å². The van der Waals surface area contributed by atoms with E-state index in [1.807, 2.05) is 42.5 Å². The molecule has 7 heteroatoms. The lowest BCUT2D eigenvalue weighted by atomic mass is 10.1. The largest absolute Gasteiger partial charge is 0.454 e. The fourth-order valence-corrected chi connectivity index (χ4v) is 3.63. The third kappa shape index (κ3) is 5.68. The number of amides is 2. The summed E-state index contributed by atoms with van der Waals surface area (Å²) in [4.78, 5) is 27.7. The van der Waals surface area contributed by atoms with Crippen LogP contribution in [0.25, 0.3) is 0 Å². The van der Waals surface area contributed by atoms with Crippen LogP contribution >= 0.6 is 0 Å². The average molecular weight is 448 g/mol. The molecule has 1 aliphatic heterocycles. The Morgan fingerprint density at radius 1 is 0.939 bits per heavy atom. The molecule has 6 nitrogen and oxygen atoms in total. The Labute approximate surface area is 191 Å². The third-order valence-electron chi connectivity index (χ3n) is 5.54. The summed E-state index contributed by atoms with van der Waals surface area (Å²) in [5, 5.41) is 2.89. The van der Waals surface area contributed by atoms with E-state index < -0.39 is 6.04 Å². The molecule has 4 rings (SSSR count). The first-order chi connectivity index (χ1) is 16.0. The molecule has 1 aliphatic rings. The summed E-state index contributed by atoms with van der Waals surface area (Å²) in [7, 11) is 0. The molecule has 0 saturated heterocycles. The number of fused-ring (bicyclic) bond motifs is 1. The first-order valence-electron chi connectivity index (χ1n) is 10.7. The minimum atomic E-state index is -0.722. The van der Waals surface area contributed by atoms with Gasteiger partial charge in [0, 0.05) is 13.1 Å². The van der Waals surface area contributed by atoms with Gasteiger partial charge in [-0.05, 0) is 47.9 Å². The van der Waals surface area contributed by atoms with Gasteiger partial charge in [-0.1, -0.05) is 48.5 Å². The van der Waals surface area contributed by atoms with Gasteiger partial charge < -0.3 is 19.7 Å². The molecule has 1 atom stereocenters. The highest BCUT2D eigenvalue weighted by Gasteiger charge is 2.26. The zero-order valence-corrected chi connectivity index (χ0v) is 18.3. The third-order valence-corrected chi connectivity index (χ3v) is 5.54. The quantitative estimate of drug-likeness (QED) is 0.569. The number of rotatable bonds is 8. The van der Waals surface area contributed by atoms with Gasteiger partial charge in [0.1, 0.15) is 11.9 Å². The second kappa shape index (κ2) is 10.2. The van der Waals surface area contributed by atoms with Crippen molar-refractivity contribution in [2.24, 2.45) is 0 Å². The number of ether oxygens (including phenoxy) is 2. The lowest BCUT2D eigenvalue weighted by molar-refractivity contribution is -0.140. The number of hydrogen-bond acceptors (Lipinski definition) is 4. The number of carbonyl (C=O) groups excluding carboxylic acids is 2. The second-order valence-electron chi connectivity index (χ2n) is 7.89. The molecule has 0 spiro atoms. The first-order valence-corrected chi connectivity index (χ1v) is 10.7. The maximum atomic E-state index is 13.3. The Kier molecular flexibility index (Phi) is 6.88. The molecule has 0 aromatic heterocycles. The van der Waals surface area contributed by atoms with Crippen molar-refractivity contribution in [3.63, 3.8) is 0 Å². The van der Waals surface area contributed by atoms with Crippen LogP contribution < -0.4 is 14.8 Å². The Bertz CT molecular complexity index is 1120. The van der Waals surface area contributed by atoms with E-state index in [-0.39, 0.29) is 43.9 Å². The van der Waals surface area contributed by atoms with Crippen LogP contribution in [0.1, 0.15) is 23.6 Å². The topological polar surface area (TPSA) is 67.9 Å². The van der Waals surface area contributed by atoms with E-state index in [1.54, 1.807) is 25.1 Å². The van der Waals surface area contributed by atoms with Gasteiger partial charge in [-0.15, -0.1) is 0 Å². The maximum absolute atomic E-state index is 13.3. The number of halogens is 1. The van der Waals surface area contributed by atoms with Gasteiger partial charge in [-0.3, -0.25) is 9.59 Å². The summed E-state index contributed by atoms with van der Waals surface area (Å²) in [6.45, 7) is 2.37. The van der Waals surface area contributed by atoms with Crippen LogP contribution in [-0.4, -0.2) is 29.5 Å². The minimum Gasteiger partial charge on any atom is -0.454 e. The Hall–Kier alpha value is -3.87. The molecule has 1 N–H and O–H groups in total. The van der Waals surface area contributed by atoms with Crippen LogP contribution in [0.15, 0.2) is 72.8 Å². The van der Waals surface area contributed by atoms with E-state index >= 15 is 0 Å². The number of nitrogens with zero attached hydrogens (tertiary/aromatic N) is 1. The minimum absolute atomic E-state index is 0.168. The van der Waals surface area contributed by atoms with Gasteiger partial charge in [0.05, 0.1) is 6.42 Å². The summed E-state index contributed by atoms with van der Waals surface area (Å²) in [6, 6.07) is 20.1. The lowest BCUT2D eigenvalue weighted by Gasteiger charge is -2.29. The fourth-order valence-electron chi connectivity index (χ4n) is 3.63. The van der Waals surface area contributed by atoms with E-state index in [0.717, 1.165) is 16.7 Å². The molecule has 0 bridgehead atoms. The molecule has 2 amide bonds. The highest BCUT2D eigenvalue weighted by atomic mass is 19.1. The number of hydrogen-bond donors (Lipinski definition) is 1. The molecule has 33 heavy (non-hydrogen) atoms. The van der Waals surface area contributed by atoms with Crippen LogP contribution in [0, 0.1) is 5.82 Å². The van der Waals surface area contributed by atoms with Gasteiger partial charge >= 0.3 is 0 Å². The summed E-state index contributed by atoms with van der Waals surface area (Å²) >= 11 is 0. The predicted molar refractivity (Wildman–Crippen MR) is 121 cm³/mol. The fraction of sp³-hybridized carbons (Fsp3) is 0.231. The Morgan fingerprint density at radius 2 is 1.64 bits per heavy atom. The monoisotopic (exact) mass is 448 g/mol. The van der Waals surface area contributed by atoms with E-state index in [1.165, 1.54) is 17.0 Å². The normalized spacial score (nSPS) is 12.8. The summed E-state index contributed by atoms with van der Waals surface area (Å²) < 4.78 is 24.0. The second-order valence-corrected chi connectivity index (χ2v) is 7.89. The van der Waals surface area contributed by atoms with Crippen molar-refractivity contribution in [1.82, 2.24) is 10.2 Å². The van der Waals surface area contributed by atoms with Gasteiger partial charge in [-0.25, -0.2) is 4.39 Å². The van der Waals surface area contributed by atoms with Crippen molar-refractivity contribution in [1.29, 1.82) is 0 Å². The van der Waals surface area contributed by atoms with Crippen molar-refractivity contribution in [2.75, 3.05) is 6.79 Å². The number of carbonyl (C=O) groups is 2. The molecule has 3 aromatic carbocycles. The lowest BCUT2D eigenvalue weighted by Crippen LogP contribution is -2.48. The van der Waals surface area contributed by atoms with E-state index in [9.17, 15) is 14.0 Å². The number of benzene rings is 3. The van der Waals surface area contributed by atoms with Crippen molar-refractivity contribution >= 4 is 11.8 Å². The zero-order valence-electron chi connectivity index (χ0n) is 18.3. The van der Waals surface area contributed by atoms with Crippen molar-refractivity contribution in [2.45, 2.75) is 32.5 Å². The highest BCUT2D eigenvalue weighted by Crippen LogP contribution is 2.32. The van der Waals surface area contributed by atoms with Crippen LogP contribution in [-0.2, 0) is 29.1 Å². The summed E-state index contributed by atoms with van der Waals surface area (Å²) in [5.74, 6) is 0.504. The molecular formula is C26H25FN2O4. The molecular weight excluding hydrogens is 423 g/mol. The van der Waals surface area contributed by atoms with E-state index in [2.05, 4.69) is 5.32 Å². The van der Waals surface area contributed by atoms with Gasteiger partial charge in [0.15, 0.2) is 11.5 Å². The molecule has 1 unspecified atom stereocenters. The van der Waals surface area contributed by atoms with Crippen LogP contribution in [0.3, 0.4) is 0 Å². The van der Waals surface area contributed by atoms with Gasteiger partial charge in [0.25, 0.3) is 0 Å². The highest BCUT2D eigenvalue weighted by molar-refractivity contribution is 5.88. The average Bonchev–Trinajstić information content (AvgIpc) is 3.30. The van der Waals surface area contributed by atoms with Crippen molar-refractivity contribution < 1.29 is 23.5 Å². The maximum Gasteiger partial charge on any atom is 0.242 e. The Morgan fingerprint density at radius 3 is 2.39 bits per heavy atom. The van der Waals surface area contributed by atoms with E-state index in [0.29, 0.717) is 11.5 Å². The van der Waals surface area contributed by atoms with Crippen molar-refractivity contribution in [3.8, 4) is 11.5 Å². The van der Waals surface area contributed by atoms with Crippen molar-refractivity contribution in [3.05, 3.63) is 95.3 Å². The zero-order chi connectivity index (χ0) is 23.2. The predicted octanol–water partition coefficient (Wildman–Crippen LogP) is 3.83. The summed E-state index contributed by atoms with van der Waals surface area (Å²) in [6.07, 6.45) is 0.168. The summed E-state index contributed by atoms with van der Waals surface area (Å²) in [5.41, 5.74) is 2.47. The molecule has 170 valence electrons. The van der Waals surface area contributed by atoms with Gasteiger partial charge in [0.2, 0.25) is 18.6 Å². The molecule has 0 saturated carbocycles. The number of nitrogens with one attached hydrogen (secondary N) is 1. The first kappa shape index (κ1) is 22.3. The molecule has 3 aromatic rings. The Balaban J connectivity index is 1.46. The molecule has 1 heterocycles. The SMILES string of the molecule is CC(C(=O)NCc1ccc2c(c1)OCO2)N(Cc1ccc(F)cc1)C(=O)Cc1ccccc1. The van der Waals surface area contributed by atoms with E-state index in [4.69, 9.17) is 9.47 Å². The standard InChI is InChI=1S/C26H25FN2O4/c1-18(26(31)28-15-21-9-12-23-24(13-21)33-17-32-23)29(16-20-7-10-22(27)11-8-20)25(30)14-19-5-3-2-4-6-19/h2-13,18H,14-17H2,1H3,(H,28,31). The van der Waals surface area contributed by atoms with Crippen LogP contribution in [0.4, 0.5) is 4.39 Å². The molecule has 0 radical (unpaired) electrons. The smallest absolute Gasteiger partial charge is 0.242 e. The van der Waals surface area contributed by atoms with Crippen LogP contribution in [0.2, 0.25) is 0 Å².